The first kappa shape index (κ1) is 44.9. The fourth-order valence-corrected chi connectivity index (χ4v) is 6.41. The van der Waals surface area contributed by atoms with Crippen molar-refractivity contribution in [2.24, 2.45) is 0 Å². The highest BCUT2D eigenvalue weighted by Crippen LogP contribution is 2.28. The van der Waals surface area contributed by atoms with Crippen molar-refractivity contribution >= 4 is 63.5 Å². The van der Waals surface area contributed by atoms with Crippen LogP contribution in [0, 0.1) is 10.8 Å². The lowest BCUT2D eigenvalue weighted by Gasteiger charge is -2.38. The summed E-state index contributed by atoms with van der Waals surface area (Å²) in [7, 11) is -1.21. The van der Waals surface area contributed by atoms with Crippen LogP contribution in [0.2, 0.25) is 0 Å². The summed E-state index contributed by atoms with van der Waals surface area (Å²) >= 11 is 0. The molecule has 3 aliphatic rings. The predicted octanol–water partition coefficient (Wildman–Crippen LogP) is 2.14. The molecule has 5 N–H and O–H groups in total. The Morgan fingerprint density at radius 1 is 0.828 bits per heavy atom. The van der Waals surface area contributed by atoms with Gasteiger partial charge in [-0.2, -0.15) is 8.42 Å². The molecule has 3 heterocycles. The minimum atomic E-state index is -3.62. The minimum Gasteiger partial charge on any atom is -0.466 e. The van der Waals surface area contributed by atoms with E-state index in [-0.39, 0.29) is 37.3 Å². The molecule has 3 aliphatic heterocycles. The van der Waals surface area contributed by atoms with E-state index in [1.54, 1.807) is 55.5 Å². The Morgan fingerprint density at radius 2 is 1.28 bits per heavy atom. The van der Waals surface area contributed by atoms with Crippen LogP contribution in [-0.2, 0) is 42.8 Å². The van der Waals surface area contributed by atoms with Crippen molar-refractivity contribution in [2.45, 2.75) is 44.0 Å². The van der Waals surface area contributed by atoms with E-state index in [4.69, 9.17) is 25.0 Å². The van der Waals surface area contributed by atoms with Gasteiger partial charge in [0.05, 0.1) is 52.2 Å². The third kappa shape index (κ3) is 13.1. The Hall–Kier alpha value is -5.84. The lowest BCUT2D eigenvalue weighted by molar-refractivity contribution is -0.150. The van der Waals surface area contributed by atoms with Crippen molar-refractivity contribution in [3.63, 3.8) is 0 Å². The van der Waals surface area contributed by atoms with Gasteiger partial charge in [0, 0.05) is 42.1 Å². The monoisotopic (exact) mass is 833 g/mol. The normalized spacial score (nSPS) is 18.8. The van der Waals surface area contributed by atoms with Gasteiger partial charge in [0.15, 0.2) is 0 Å². The molecule has 0 radical (unpaired) electrons. The molecule has 2 aromatic rings. The topological polar surface area (TPSA) is 277 Å². The number of rotatable bonds is 12. The first-order valence-electron chi connectivity index (χ1n) is 17.9. The average Bonchev–Trinajstić information content (AvgIpc) is 3.75. The van der Waals surface area contributed by atoms with Gasteiger partial charge in [-0.1, -0.05) is 0 Å². The molecular formula is C36H47N7O14S. The van der Waals surface area contributed by atoms with E-state index in [1.165, 1.54) is 24.0 Å². The number of carbonyl (C=O) groups is 5. The number of nitrogens with zero attached hydrogens (tertiary/aromatic N) is 3. The maximum Gasteiger partial charge on any atom is 0.414 e. The number of nitrogens with one attached hydrogen (secondary N) is 4. The summed E-state index contributed by atoms with van der Waals surface area (Å²) in [6.45, 7) is 3.99. The van der Waals surface area contributed by atoms with E-state index in [1.807, 2.05) is 0 Å². The molecule has 4 amide bonds. The third-order valence-corrected chi connectivity index (χ3v) is 9.57. The Morgan fingerprint density at radius 3 is 1.71 bits per heavy atom. The molecule has 2 aromatic carbocycles. The first-order chi connectivity index (χ1) is 27.4. The highest BCUT2D eigenvalue weighted by Gasteiger charge is 2.38. The first-order valence-corrected chi connectivity index (χ1v) is 19.7. The summed E-state index contributed by atoms with van der Waals surface area (Å²) in [5, 5.41) is 30.8. The van der Waals surface area contributed by atoms with Gasteiger partial charge >= 0.3 is 30.3 Å². The van der Waals surface area contributed by atoms with E-state index in [0.29, 0.717) is 68.1 Å². The number of cyclic esters (lactones) is 2. The summed E-state index contributed by atoms with van der Waals surface area (Å²) in [6.07, 6.45) is -1.80. The predicted molar refractivity (Wildman–Crippen MR) is 206 cm³/mol. The van der Waals surface area contributed by atoms with Gasteiger partial charge in [0.25, 0.3) is 10.1 Å². The fraction of sp³-hybridized carbons (Fsp3) is 0.472. The van der Waals surface area contributed by atoms with Crippen LogP contribution >= 0.6 is 0 Å². The average molecular weight is 834 g/mol. The van der Waals surface area contributed by atoms with E-state index < -0.39 is 52.2 Å². The van der Waals surface area contributed by atoms with Crippen LogP contribution in [0.15, 0.2) is 48.5 Å². The van der Waals surface area contributed by atoms with E-state index >= 15 is 0 Å². The van der Waals surface area contributed by atoms with E-state index in [0.717, 1.165) is 6.26 Å². The summed E-state index contributed by atoms with van der Waals surface area (Å²) in [5.74, 6) is -0.652. The summed E-state index contributed by atoms with van der Waals surface area (Å²) in [5.41, 5.74) is 0.955. The van der Waals surface area contributed by atoms with Gasteiger partial charge in [-0.05, 0) is 68.3 Å². The zero-order valence-corrected chi connectivity index (χ0v) is 33.2. The molecule has 3 saturated heterocycles. The molecule has 0 bridgehead atoms. The maximum absolute atomic E-state index is 12.4. The molecule has 21 nitrogen and oxygen atoms in total. The molecule has 0 aromatic heterocycles. The molecule has 316 valence electrons. The third-order valence-electron chi connectivity index (χ3n) is 9.00. The second-order valence-electron chi connectivity index (χ2n) is 13.3. The van der Waals surface area contributed by atoms with Crippen LogP contribution in [0.3, 0.4) is 0 Å². The molecule has 22 heteroatoms. The number of hydrogen-bond donors (Lipinski definition) is 5. The number of benzene rings is 2. The molecule has 3 fully saturated rings. The molecule has 2 atom stereocenters. The minimum absolute atomic E-state index is 0.0104. The summed E-state index contributed by atoms with van der Waals surface area (Å²) in [6, 6.07) is 12.9. The second-order valence-corrected chi connectivity index (χ2v) is 14.9. The van der Waals surface area contributed by atoms with E-state index in [9.17, 15) is 37.5 Å². The number of alkyl carbamates (subject to hydrolysis) is 2. The van der Waals surface area contributed by atoms with Gasteiger partial charge in [-0.15, -0.1) is 0 Å². The van der Waals surface area contributed by atoms with Crippen LogP contribution in [0.4, 0.5) is 30.6 Å². The largest absolute Gasteiger partial charge is 0.466 e. The number of methoxy groups -OCH3 is 2. The Labute approximate surface area is 334 Å². The zero-order valence-electron chi connectivity index (χ0n) is 32.3. The molecule has 2 unspecified atom stereocenters. The Kier molecular flexibility index (Phi) is 15.5. The molecule has 0 spiro atoms. The van der Waals surface area contributed by atoms with Crippen molar-refractivity contribution in [3.05, 3.63) is 59.7 Å². The Balaban J connectivity index is 0.000000267. The van der Waals surface area contributed by atoms with Crippen molar-refractivity contribution in [3.8, 4) is 0 Å². The van der Waals surface area contributed by atoms with Crippen molar-refractivity contribution in [2.75, 3.05) is 76.2 Å². The van der Waals surface area contributed by atoms with Crippen LogP contribution in [0.5, 0.6) is 0 Å². The second kappa shape index (κ2) is 20.0. The molecule has 0 saturated carbocycles. The maximum atomic E-state index is 12.4. The quantitative estimate of drug-likeness (QED) is 0.0674. The highest BCUT2D eigenvalue weighted by atomic mass is 32.2. The van der Waals surface area contributed by atoms with Crippen LogP contribution in [0.1, 0.15) is 37.3 Å². The van der Waals surface area contributed by atoms with Crippen LogP contribution in [-0.4, -0.2) is 145 Å². The van der Waals surface area contributed by atoms with Gasteiger partial charge in [0.1, 0.15) is 30.5 Å². The number of amidine groups is 2. The Bertz CT molecular complexity index is 1940. The number of carbonyl (C=O) groups excluding carboxylic acids is 5. The lowest BCUT2D eigenvalue weighted by Crippen LogP contribution is -2.48. The number of amides is 4. The summed E-state index contributed by atoms with van der Waals surface area (Å²) < 4.78 is 51.0. The smallest absolute Gasteiger partial charge is 0.414 e. The SMILES string of the molecule is CCOC(=O)CC1(O)CCN(CC2CN(c3ccc(C(=N)NC(=O)OC)cc3)C(=O)O2)CC1.COC(=O)NC(=N)c1ccc(N2CC(COS(C)(=O)=O)OC2=O)cc1. The number of aliphatic hydroxyl groups is 1. The summed E-state index contributed by atoms with van der Waals surface area (Å²) in [4.78, 5) is 63.3. The van der Waals surface area contributed by atoms with Crippen LogP contribution < -0.4 is 20.4 Å². The fourth-order valence-electron chi connectivity index (χ4n) is 6.01. The number of likely N-dealkylation sites (tertiary alicyclic amines) is 1. The van der Waals surface area contributed by atoms with Crippen molar-refractivity contribution in [1.82, 2.24) is 15.5 Å². The number of anilines is 2. The highest BCUT2D eigenvalue weighted by molar-refractivity contribution is 7.85. The molecule has 58 heavy (non-hydrogen) atoms. The molecule has 0 aliphatic carbocycles. The van der Waals surface area contributed by atoms with E-state index in [2.05, 4.69) is 29.2 Å². The van der Waals surface area contributed by atoms with Gasteiger partial charge in [-0.25, -0.2) is 19.2 Å². The number of piperidine rings is 1. The van der Waals surface area contributed by atoms with Gasteiger partial charge in [0.2, 0.25) is 0 Å². The van der Waals surface area contributed by atoms with Gasteiger partial charge in [-0.3, -0.25) is 45.1 Å². The van der Waals surface area contributed by atoms with Crippen LogP contribution in [0.25, 0.3) is 0 Å². The number of hydrogen-bond acceptors (Lipinski definition) is 17. The molecular weight excluding hydrogens is 786 g/mol. The van der Waals surface area contributed by atoms with Crippen molar-refractivity contribution in [1.29, 1.82) is 10.8 Å². The standard InChI is InChI=1S/C22H30N4O7.C14H17N3O7S/c1-3-32-18(27)12-22(30)8-10-25(11-9-22)13-17-14-26(21(29)33-17)16-6-4-15(5-7-16)19(23)24-20(28)31-2;1-22-13(18)16-12(15)9-3-5-10(6-4-9)17-7-11(24-14(17)19)8-23-25(2,20)21/h4-7,17,30H,3,8-14H2,1-2H3,(H2,23,24,28);3-6,11H,7-8H2,1-2H3,(H2,15,16,18). The zero-order chi connectivity index (χ0) is 42.6. The van der Waals surface area contributed by atoms with Crippen molar-refractivity contribution < 1.29 is 65.4 Å². The number of ether oxygens (including phenoxy) is 5. The number of esters is 1. The van der Waals surface area contributed by atoms with Gasteiger partial charge < -0.3 is 28.8 Å². The lowest BCUT2D eigenvalue weighted by atomic mass is 9.88. The molecule has 5 rings (SSSR count).